The van der Waals surface area contributed by atoms with Gasteiger partial charge in [0.15, 0.2) is 0 Å². The monoisotopic (exact) mass is 367 g/mol. The number of ether oxygens (including phenoxy) is 1. The molecule has 1 aliphatic carbocycles. The largest absolute Gasteiger partial charge is 0.573 e. The lowest BCUT2D eigenvalue weighted by atomic mass is 9.89. The van der Waals surface area contributed by atoms with Crippen LogP contribution < -0.4 is 4.74 Å². The molecule has 0 spiro atoms. The number of carboxylic acid groups (broad SMARTS) is 1. The number of alkyl halides is 3. The number of carbonyl (C=O) groups is 1. The highest BCUT2D eigenvalue weighted by Crippen LogP contribution is 2.32. The van der Waals surface area contributed by atoms with E-state index in [1.54, 1.807) is 12.1 Å². The number of aliphatic carboxylic acids is 1. The second-order valence-electron chi connectivity index (χ2n) is 6.62. The summed E-state index contributed by atoms with van der Waals surface area (Å²) in [6.07, 6.45) is 3.57. The Bertz CT molecular complexity index is 817. The smallest absolute Gasteiger partial charge is 0.478 e. The Kier molecular flexibility index (Phi) is 5.25. The van der Waals surface area contributed by atoms with Crippen molar-refractivity contribution in [3.8, 4) is 5.75 Å². The second kappa shape index (κ2) is 7.43. The molecular formula is C19H20F3NO3. The van der Waals surface area contributed by atoms with E-state index < -0.39 is 12.3 Å². The minimum atomic E-state index is -4.75. The van der Waals surface area contributed by atoms with Crippen molar-refractivity contribution in [2.75, 3.05) is 0 Å². The van der Waals surface area contributed by atoms with Gasteiger partial charge in [0.05, 0.1) is 0 Å². The average molecular weight is 367 g/mol. The van der Waals surface area contributed by atoms with E-state index in [-0.39, 0.29) is 5.75 Å². The van der Waals surface area contributed by atoms with Crippen LogP contribution in [0.5, 0.6) is 5.75 Å². The summed E-state index contributed by atoms with van der Waals surface area (Å²) in [5.74, 6) is -0.864. The van der Waals surface area contributed by atoms with Crippen LogP contribution >= 0.6 is 0 Å². The topological polar surface area (TPSA) is 51.5 Å². The van der Waals surface area contributed by atoms with E-state index in [2.05, 4.69) is 4.74 Å². The predicted octanol–water partition coefficient (Wildman–Crippen LogP) is 5.22. The second-order valence-corrected chi connectivity index (χ2v) is 6.62. The van der Waals surface area contributed by atoms with Crippen molar-refractivity contribution in [2.24, 2.45) is 5.92 Å². The normalized spacial score (nSPS) is 16.4. The maximum Gasteiger partial charge on any atom is 0.573 e. The lowest BCUT2D eigenvalue weighted by Crippen LogP contribution is -2.17. The fraction of sp³-hybridized carbons (Fsp3) is 0.421. The van der Waals surface area contributed by atoms with Gasteiger partial charge in [0.25, 0.3) is 0 Å². The Morgan fingerprint density at radius 3 is 2.62 bits per heavy atom. The molecule has 0 saturated heterocycles. The van der Waals surface area contributed by atoms with E-state index in [0.717, 1.165) is 31.0 Å². The van der Waals surface area contributed by atoms with E-state index in [1.807, 2.05) is 4.57 Å². The number of rotatable bonds is 5. The van der Waals surface area contributed by atoms with Crippen LogP contribution in [0.25, 0.3) is 17.0 Å². The summed E-state index contributed by atoms with van der Waals surface area (Å²) in [4.78, 5) is 10.9. The van der Waals surface area contributed by atoms with Crippen molar-refractivity contribution in [1.82, 2.24) is 4.57 Å². The van der Waals surface area contributed by atoms with Crippen molar-refractivity contribution in [3.63, 3.8) is 0 Å². The lowest BCUT2D eigenvalue weighted by molar-refractivity contribution is -0.274. The van der Waals surface area contributed by atoms with Crippen LogP contribution in [0.2, 0.25) is 0 Å². The molecule has 1 aliphatic rings. The first-order chi connectivity index (χ1) is 12.3. The fourth-order valence-electron chi connectivity index (χ4n) is 3.59. The van der Waals surface area contributed by atoms with Gasteiger partial charge in [-0.3, -0.25) is 0 Å². The Morgan fingerprint density at radius 2 is 1.96 bits per heavy atom. The summed E-state index contributed by atoms with van der Waals surface area (Å²) in [5, 5.41) is 9.48. The molecule has 2 aromatic rings. The Labute approximate surface area is 148 Å². The zero-order valence-corrected chi connectivity index (χ0v) is 14.1. The Hall–Kier alpha value is -2.44. The number of halogens is 3. The summed E-state index contributed by atoms with van der Waals surface area (Å²) >= 11 is 0. The lowest BCUT2D eigenvalue weighted by Gasteiger charge is -2.23. The molecule has 0 unspecified atom stereocenters. The molecule has 4 nitrogen and oxygen atoms in total. The Balaban J connectivity index is 1.97. The molecule has 0 atom stereocenters. The van der Waals surface area contributed by atoms with E-state index in [9.17, 15) is 18.0 Å². The number of hydrogen-bond acceptors (Lipinski definition) is 2. The number of aromatic nitrogens is 1. The van der Waals surface area contributed by atoms with Gasteiger partial charge in [-0.2, -0.15) is 0 Å². The summed E-state index contributed by atoms with van der Waals surface area (Å²) in [7, 11) is 0. The minimum Gasteiger partial charge on any atom is -0.478 e. The third-order valence-corrected chi connectivity index (χ3v) is 4.70. The van der Waals surface area contributed by atoms with Gasteiger partial charge >= 0.3 is 12.3 Å². The van der Waals surface area contributed by atoms with Gasteiger partial charge < -0.3 is 14.4 Å². The standard InChI is InChI=1S/C19H20F3NO3/c20-19(21,22)26-16-7-8-17-14(11-16)10-15(6-9-18(24)25)23(17)12-13-4-2-1-3-5-13/h6-11,13H,1-5,12H2,(H,24,25)/b9-6+. The molecule has 140 valence electrons. The molecule has 1 heterocycles. The molecule has 0 bridgehead atoms. The van der Waals surface area contributed by atoms with Gasteiger partial charge in [0.1, 0.15) is 5.75 Å². The number of carboxylic acids is 1. The molecule has 26 heavy (non-hydrogen) atoms. The molecule has 1 fully saturated rings. The average Bonchev–Trinajstić information content (AvgIpc) is 2.89. The Morgan fingerprint density at radius 1 is 1.23 bits per heavy atom. The quantitative estimate of drug-likeness (QED) is 0.738. The van der Waals surface area contributed by atoms with Crippen molar-refractivity contribution < 1.29 is 27.8 Å². The number of nitrogens with zero attached hydrogens (tertiary/aromatic N) is 1. The highest BCUT2D eigenvalue weighted by atomic mass is 19.4. The molecule has 0 amide bonds. The zero-order chi connectivity index (χ0) is 18.7. The van der Waals surface area contributed by atoms with E-state index in [0.29, 0.717) is 17.0 Å². The summed E-state index contributed by atoms with van der Waals surface area (Å²) < 4.78 is 43.3. The first-order valence-corrected chi connectivity index (χ1v) is 8.62. The van der Waals surface area contributed by atoms with Crippen LogP contribution in [-0.2, 0) is 11.3 Å². The minimum absolute atomic E-state index is 0.284. The van der Waals surface area contributed by atoms with Crippen LogP contribution in [0.3, 0.4) is 0 Å². The molecule has 3 rings (SSSR count). The van der Waals surface area contributed by atoms with E-state index in [4.69, 9.17) is 5.11 Å². The van der Waals surface area contributed by atoms with Crippen LogP contribution in [-0.4, -0.2) is 22.0 Å². The van der Waals surface area contributed by atoms with E-state index >= 15 is 0 Å². The predicted molar refractivity (Wildman–Crippen MR) is 91.9 cm³/mol. The van der Waals surface area contributed by atoms with Gasteiger partial charge in [-0.05, 0) is 49.1 Å². The molecular weight excluding hydrogens is 347 g/mol. The third kappa shape index (κ3) is 4.59. The van der Waals surface area contributed by atoms with Crippen LogP contribution in [0.4, 0.5) is 13.2 Å². The number of hydrogen-bond donors (Lipinski definition) is 1. The van der Waals surface area contributed by atoms with Gasteiger partial charge in [0.2, 0.25) is 0 Å². The third-order valence-electron chi connectivity index (χ3n) is 4.70. The van der Waals surface area contributed by atoms with Crippen LogP contribution in [0.1, 0.15) is 37.8 Å². The fourth-order valence-corrected chi connectivity index (χ4v) is 3.59. The zero-order valence-electron chi connectivity index (χ0n) is 14.1. The van der Waals surface area contributed by atoms with Crippen molar-refractivity contribution >= 4 is 22.9 Å². The first-order valence-electron chi connectivity index (χ1n) is 8.62. The van der Waals surface area contributed by atoms with E-state index in [1.165, 1.54) is 37.5 Å². The molecule has 7 heteroatoms. The van der Waals surface area contributed by atoms with Crippen LogP contribution in [0.15, 0.2) is 30.3 Å². The molecule has 1 aromatic carbocycles. The van der Waals surface area contributed by atoms with Crippen molar-refractivity contribution in [2.45, 2.75) is 45.0 Å². The van der Waals surface area contributed by atoms with Crippen LogP contribution in [0, 0.1) is 5.92 Å². The molecule has 1 N–H and O–H groups in total. The van der Waals surface area contributed by atoms with Crippen molar-refractivity contribution in [1.29, 1.82) is 0 Å². The van der Waals surface area contributed by atoms with Gasteiger partial charge in [-0.15, -0.1) is 13.2 Å². The summed E-state index contributed by atoms with van der Waals surface area (Å²) in [6.45, 7) is 0.724. The van der Waals surface area contributed by atoms with Crippen molar-refractivity contribution in [3.05, 3.63) is 36.0 Å². The van der Waals surface area contributed by atoms with Gasteiger partial charge in [0, 0.05) is 29.2 Å². The van der Waals surface area contributed by atoms with Gasteiger partial charge in [-0.25, -0.2) is 4.79 Å². The molecule has 0 radical (unpaired) electrons. The summed E-state index contributed by atoms with van der Waals surface area (Å²) in [5.41, 5.74) is 1.44. The SMILES string of the molecule is O=C(O)/C=C/c1cc2cc(OC(F)(F)F)ccc2n1CC1CCCCC1. The highest BCUT2D eigenvalue weighted by molar-refractivity contribution is 5.89. The summed E-state index contributed by atoms with van der Waals surface area (Å²) in [6, 6.07) is 5.91. The van der Waals surface area contributed by atoms with Gasteiger partial charge in [-0.1, -0.05) is 19.3 Å². The first kappa shape index (κ1) is 18.4. The molecule has 1 aromatic heterocycles. The maximum absolute atomic E-state index is 12.4. The maximum atomic E-state index is 12.4. The molecule has 1 saturated carbocycles. The number of benzene rings is 1. The highest BCUT2D eigenvalue weighted by Gasteiger charge is 2.31. The molecule has 0 aliphatic heterocycles. The number of fused-ring (bicyclic) bond motifs is 1.